The molecule has 0 fully saturated rings. The molecule has 0 unspecified atom stereocenters. The average Bonchev–Trinajstić information content (AvgIpc) is 2.65. The first-order valence-electron chi connectivity index (χ1n) is 7.43. The standard InChI is InChI=1S/C20H17OP2/c21-16-17-22-23(18-10-4-1-5-11-18,19-12-6-2-7-13-19)20-14-8-3-9-15-20/h1-17H/q+1. The lowest BCUT2D eigenvalue weighted by molar-refractivity contribution is -0.102. The van der Waals surface area contributed by atoms with Crippen molar-refractivity contribution in [3.63, 3.8) is 0 Å². The van der Waals surface area contributed by atoms with Gasteiger partial charge in [-0.3, -0.25) is 4.79 Å². The van der Waals surface area contributed by atoms with E-state index in [0.717, 1.165) is 14.2 Å². The highest BCUT2D eigenvalue weighted by atomic mass is 32.1. The molecule has 3 heteroatoms. The third-order valence-electron chi connectivity index (χ3n) is 3.69. The van der Waals surface area contributed by atoms with E-state index in [-0.39, 0.29) is 0 Å². The van der Waals surface area contributed by atoms with Crippen molar-refractivity contribution in [2.45, 2.75) is 0 Å². The maximum absolute atomic E-state index is 11.1. The minimum Gasteiger partial charge on any atom is -0.298 e. The number of carbonyl (C=O) groups is 1. The van der Waals surface area contributed by atoms with Gasteiger partial charge in [0.25, 0.3) is 0 Å². The molecule has 0 aliphatic rings. The molecular formula is C20H17OP2+. The molecule has 3 rings (SSSR count). The topological polar surface area (TPSA) is 17.1 Å². The minimum absolute atomic E-state index is 0.908. The molecule has 112 valence electrons. The summed E-state index contributed by atoms with van der Waals surface area (Å²) in [6.45, 7) is -1.88. The van der Waals surface area contributed by atoms with Crippen LogP contribution in [0.3, 0.4) is 0 Å². The van der Waals surface area contributed by atoms with Gasteiger partial charge >= 0.3 is 0 Å². The third kappa shape index (κ3) is 3.17. The summed E-state index contributed by atoms with van der Waals surface area (Å²) in [6, 6.07) is 31.6. The number of aldehydes is 1. The SMILES string of the molecule is O=CC=P[P+](c1ccccc1)(c1ccccc1)c1ccccc1. The lowest BCUT2D eigenvalue weighted by Gasteiger charge is -2.22. The fraction of sp³-hybridized carbons (Fsp3) is 0. The second-order valence-corrected chi connectivity index (χ2v) is 10.9. The first kappa shape index (κ1) is 15.8. The average molecular weight is 335 g/mol. The van der Waals surface area contributed by atoms with E-state index in [1.165, 1.54) is 15.9 Å². The molecule has 0 atom stereocenters. The number of carbonyl (C=O) groups excluding carboxylic acids is 1. The van der Waals surface area contributed by atoms with Crippen LogP contribution in [0.25, 0.3) is 0 Å². The second kappa shape index (κ2) is 7.47. The van der Waals surface area contributed by atoms with Gasteiger partial charge in [0.15, 0.2) is 13.2 Å². The summed E-state index contributed by atoms with van der Waals surface area (Å²) in [5.74, 6) is 1.74. The zero-order chi connectivity index (χ0) is 16.0. The largest absolute Gasteiger partial charge is 0.298 e. The second-order valence-electron chi connectivity index (χ2n) is 5.04. The molecule has 0 N–H and O–H groups in total. The van der Waals surface area contributed by atoms with E-state index in [4.69, 9.17) is 0 Å². The maximum Gasteiger partial charge on any atom is 0.160 e. The lowest BCUT2D eigenvalue weighted by Crippen LogP contribution is -2.27. The monoisotopic (exact) mass is 335 g/mol. The zero-order valence-corrected chi connectivity index (χ0v) is 14.4. The van der Waals surface area contributed by atoms with Crippen molar-refractivity contribution in [2.75, 3.05) is 0 Å². The van der Waals surface area contributed by atoms with Crippen LogP contribution in [0.5, 0.6) is 0 Å². The summed E-state index contributed by atoms with van der Waals surface area (Å²) >= 11 is 0. The van der Waals surface area contributed by atoms with Gasteiger partial charge in [-0.15, -0.1) is 0 Å². The van der Waals surface area contributed by atoms with E-state index in [1.54, 1.807) is 5.80 Å². The first-order chi connectivity index (χ1) is 11.4. The highest BCUT2D eigenvalue weighted by molar-refractivity contribution is 8.41. The highest BCUT2D eigenvalue weighted by Crippen LogP contribution is 2.66. The molecule has 0 amide bonds. The van der Waals surface area contributed by atoms with Crippen molar-refractivity contribution in [2.24, 2.45) is 0 Å². The molecule has 0 spiro atoms. The van der Waals surface area contributed by atoms with Gasteiger partial charge < -0.3 is 0 Å². The normalized spacial score (nSPS) is 11.5. The van der Waals surface area contributed by atoms with Crippen molar-refractivity contribution in [1.29, 1.82) is 0 Å². The molecule has 3 aromatic rings. The lowest BCUT2D eigenvalue weighted by atomic mass is 10.4. The molecule has 0 heterocycles. The van der Waals surface area contributed by atoms with Crippen LogP contribution in [-0.2, 0) is 4.79 Å². The van der Waals surface area contributed by atoms with Crippen LogP contribution in [0.2, 0.25) is 0 Å². The highest BCUT2D eigenvalue weighted by Gasteiger charge is 2.44. The van der Waals surface area contributed by atoms with Crippen LogP contribution in [0.1, 0.15) is 0 Å². The van der Waals surface area contributed by atoms with Gasteiger partial charge in [-0.25, -0.2) is 0 Å². The fourth-order valence-corrected chi connectivity index (χ4v) is 9.23. The van der Waals surface area contributed by atoms with E-state index < -0.39 is 6.95 Å². The molecule has 0 radical (unpaired) electrons. The van der Waals surface area contributed by atoms with Gasteiger partial charge in [0.05, 0.1) is 0 Å². The Balaban J connectivity index is 2.35. The number of hydrogen-bond acceptors (Lipinski definition) is 1. The molecule has 0 aromatic heterocycles. The Hall–Kier alpha value is -2.07. The van der Waals surface area contributed by atoms with E-state index in [2.05, 4.69) is 72.8 Å². The Labute approximate surface area is 139 Å². The molecule has 3 aromatic carbocycles. The van der Waals surface area contributed by atoms with Gasteiger partial charge in [-0.05, 0) is 36.4 Å². The van der Waals surface area contributed by atoms with Crippen LogP contribution in [-0.4, -0.2) is 12.1 Å². The Kier molecular flexibility index (Phi) is 5.13. The van der Waals surface area contributed by atoms with E-state index in [1.807, 2.05) is 18.2 Å². The van der Waals surface area contributed by atoms with Crippen LogP contribution < -0.4 is 15.9 Å². The van der Waals surface area contributed by atoms with E-state index in [9.17, 15) is 4.79 Å². The van der Waals surface area contributed by atoms with Gasteiger partial charge in [0, 0.05) is 5.80 Å². The van der Waals surface area contributed by atoms with Crippen molar-refractivity contribution >= 4 is 42.8 Å². The van der Waals surface area contributed by atoms with Gasteiger partial charge in [0.2, 0.25) is 0 Å². The predicted octanol–water partition coefficient (Wildman–Crippen LogP) is 3.84. The Morgan fingerprint density at radius 1 is 0.609 bits per heavy atom. The summed E-state index contributed by atoms with van der Waals surface area (Å²) in [7, 11) is 1.05. The summed E-state index contributed by atoms with van der Waals surface area (Å²) in [6.07, 6.45) is 0.908. The fourth-order valence-electron chi connectivity index (χ4n) is 2.71. The Bertz CT molecular complexity index is 687. The number of benzene rings is 3. The van der Waals surface area contributed by atoms with Crippen LogP contribution >= 0.6 is 14.8 Å². The Morgan fingerprint density at radius 2 is 0.957 bits per heavy atom. The smallest absolute Gasteiger partial charge is 0.160 e. The number of rotatable bonds is 5. The van der Waals surface area contributed by atoms with Gasteiger partial charge in [0.1, 0.15) is 23.8 Å². The van der Waals surface area contributed by atoms with E-state index in [0.29, 0.717) is 0 Å². The quantitative estimate of drug-likeness (QED) is 0.511. The molecular weight excluding hydrogens is 318 g/mol. The summed E-state index contributed by atoms with van der Waals surface area (Å²) in [4.78, 5) is 11.1. The van der Waals surface area contributed by atoms with Crippen LogP contribution in [0.15, 0.2) is 91.0 Å². The minimum atomic E-state index is -1.88. The predicted molar refractivity (Wildman–Crippen MR) is 104 cm³/mol. The molecule has 0 saturated heterocycles. The Morgan fingerprint density at radius 3 is 1.26 bits per heavy atom. The van der Waals surface area contributed by atoms with Crippen molar-refractivity contribution in [3.05, 3.63) is 91.0 Å². The first-order valence-corrected chi connectivity index (χ1v) is 10.9. The van der Waals surface area contributed by atoms with Gasteiger partial charge in [-0.1, -0.05) is 54.6 Å². The summed E-state index contributed by atoms with van der Waals surface area (Å²) in [5, 5.41) is 3.87. The van der Waals surface area contributed by atoms with Crippen LogP contribution in [0.4, 0.5) is 0 Å². The molecule has 0 aliphatic carbocycles. The molecule has 0 aliphatic heterocycles. The number of hydrogen-bond donors (Lipinski definition) is 0. The molecule has 1 nitrogen and oxygen atoms in total. The molecule has 0 bridgehead atoms. The van der Waals surface area contributed by atoms with Crippen molar-refractivity contribution in [3.8, 4) is 0 Å². The molecule has 0 saturated carbocycles. The summed E-state index contributed by atoms with van der Waals surface area (Å²) < 4.78 is 0. The third-order valence-corrected chi connectivity index (χ3v) is 10.9. The van der Waals surface area contributed by atoms with Crippen LogP contribution in [0, 0.1) is 0 Å². The van der Waals surface area contributed by atoms with Crippen molar-refractivity contribution in [1.82, 2.24) is 0 Å². The van der Waals surface area contributed by atoms with Crippen molar-refractivity contribution < 1.29 is 4.79 Å². The summed E-state index contributed by atoms with van der Waals surface area (Å²) in [5.41, 5.74) is 0. The zero-order valence-electron chi connectivity index (χ0n) is 12.6. The maximum atomic E-state index is 11.1. The van der Waals surface area contributed by atoms with E-state index >= 15 is 0 Å². The molecule has 23 heavy (non-hydrogen) atoms. The van der Waals surface area contributed by atoms with Gasteiger partial charge in [-0.2, -0.15) is 0 Å².